The highest BCUT2D eigenvalue weighted by Gasteiger charge is 2.21. The molecule has 1 heterocycles. The van der Waals surface area contributed by atoms with Crippen LogP contribution in [0, 0.1) is 11.3 Å². The van der Waals surface area contributed by atoms with Crippen LogP contribution < -0.4 is 10.1 Å². The van der Waals surface area contributed by atoms with Gasteiger partial charge in [0.05, 0.1) is 18.8 Å². The lowest BCUT2D eigenvalue weighted by molar-refractivity contribution is -0.112. The van der Waals surface area contributed by atoms with Crippen molar-refractivity contribution < 1.29 is 19.1 Å². The third kappa shape index (κ3) is 6.09. The number of hydrogen-bond donors (Lipinski definition) is 1. The fourth-order valence-electron chi connectivity index (χ4n) is 3.01. The summed E-state index contributed by atoms with van der Waals surface area (Å²) >= 11 is 1.25. The first kappa shape index (κ1) is 23.8. The predicted octanol–water partition coefficient (Wildman–Crippen LogP) is 5.93. The van der Waals surface area contributed by atoms with Crippen LogP contribution in [-0.4, -0.2) is 25.1 Å². The van der Waals surface area contributed by atoms with Crippen LogP contribution in [0.25, 0.3) is 16.5 Å². The monoisotopic (exact) mass is 460 g/mol. The van der Waals surface area contributed by atoms with Gasteiger partial charge < -0.3 is 14.8 Å². The number of anilines is 1. The number of carbonyl (C=O) groups is 2. The molecule has 1 aromatic heterocycles. The van der Waals surface area contributed by atoms with E-state index in [1.54, 1.807) is 25.1 Å². The molecule has 0 aliphatic rings. The van der Waals surface area contributed by atoms with Gasteiger partial charge in [-0.25, -0.2) is 4.79 Å². The molecule has 0 spiro atoms. The number of nitrogens with zero attached hydrogens (tertiary/aromatic N) is 1. The van der Waals surface area contributed by atoms with E-state index >= 15 is 0 Å². The summed E-state index contributed by atoms with van der Waals surface area (Å²) in [5, 5.41) is 12.7. The Labute approximate surface area is 197 Å². The highest BCUT2D eigenvalue weighted by molar-refractivity contribution is 7.20. The zero-order valence-corrected chi connectivity index (χ0v) is 19.3. The summed E-state index contributed by atoms with van der Waals surface area (Å²) < 4.78 is 10.9. The van der Waals surface area contributed by atoms with E-state index in [2.05, 4.69) is 5.32 Å². The maximum atomic E-state index is 13.0. The number of nitriles is 1. The molecule has 7 heteroatoms. The van der Waals surface area contributed by atoms with Crippen LogP contribution in [0.5, 0.6) is 5.75 Å². The van der Waals surface area contributed by atoms with E-state index in [1.807, 2.05) is 55.5 Å². The van der Waals surface area contributed by atoms with E-state index in [-0.39, 0.29) is 17.7 Å². The lowest BCUT2D eigenvalue weighted by Gasteiger charge is -2.09. The van der Waals surface area contributed by atoms with Crippen LogP contribution in [0.4, 0.5) is 5.00 Å². The minimum absolute atomic E-state index is 0.105. The first-order valence-corrected chi connectivity index (χ1v) is 11.4. The number of rotatable bonds is 9. The zero-order chi connectivity index (χ0) is 23.6. The molecule has 0 saturated heterocycles. The fraction of sp³-hybridized carbons (Fsp3) is 0.192. The molecular formula is C26H24N2O4S. The summed E-state index contributed by atoms with van der Waals surface area (Å²) in [5.74, 6) is -0.559. The van der Waals surface area contributed by atoms with Gasteiger partial charge in [0.15, 0.2) is 0 Å². The Morgan fingerprint density at radius 2 is 1.82 bits per heavy atom. The van der Waals surface area contributed by atoms with Crippen molar-refractivity contribution in [2.24, 2.45) is 0 Å². The van der Waals surface area contributed by atoms with E-state index in [9.17, 15) is 14.9 Å². The molecule has 0 bridgehead atoms. The second-order valence-electron chi connectivity index (χ2n) is 6.95. The van der Waals surface area contributed by atoms with E-state index in [1.165, 1.54) is 17.4 Å². The number of carbonyl (C=O) groups excluding carboxylic acids is 2. The summed E-state index contributed by atoms with van der Waals surface area (Å²) in [6.45, 7) is 4.45. The normalized spacial score (nSPS) is 10.9. The van der Waals surface area contributed by atoms with Crippen LogP contribution >= 0.6 is 11.3 Å². The van der Waals surface area contributed by atoms with Gasteiger partial charge in [-0.15, -0.1) is 11.3 Å². The summed E-state index contributed by atoms with van der Waals surface area (Å²) in [6.07, 6.45) is 2.32. The Morgan fingerprint density at radius 1 is 1.09 bits per heavy atom. The molecule has 1 N–H and O–H groups in total. The average molecular weight is 461 g/mol. The number of ether oxygens (including phenoxy) is 2. The molecular weight excluding hydrogens is 436 g/mol. The van der Waals surface area contributed by atoms with E-state index in [0.29, 0.717) is 22.9 Å². The Bertz CT molecular complexity index is 1190. The van der Waals surface area contributed by atoms with Crippen molar-refractivity contribution in [1.29, 1.82) is 5.26 Å². The van der Waals surface area contributed by atoms with Crippen LogP contribution in [0.3, 0.4) is 0 Å². The van der Waals surface area contributed by atoms with Crippen molar-refractivity contribution in [2.75, 3.05) is 18.5 Å². The van der Waals surface area contributed by atoms with Gasteiger partial charge in [0.1, 0.15) is 22.4 Å². The molecule has 1 amide bonds. The number of amides is 1. The maximum Gasteiger partial charge on any atom is 0.341 e. The summed E-state index contributed by atoms with van der Waals surface area (Å²) in [4.78, 5) is 26.3. The molecule has 2 aromatic carbocycles. The second-order valence-corrected chi connectivity index (χ2v) is 8.00. The van der Waals surface area contributed by atoms with Crippen molar-refractivity contribution in [1.82, 2.24) is 0 Å². The zero-order valence-electron chi connectivity index (χ0n) is 18.5. The van der Waals surface area contributed by atoms with Gasteiger partial charge in [0.25, 0.3) is 5.91 Å². The highest BCUT2D eigenvalue weighted by atomic mass is 32.1. The Morgan fingerprint density at radius 3 is 2.52 bits per heavy atom. The van der Waals surface area contributed by atoms with Crippen LogP contribution in [0.15, 0.2) is 66.2 Å². The average Bonchev–Trinajstić information content (AvgIpc) is 3.26. The number of nitrogens with one attached hydrogen (secondary N) is 1. The quantitative estimate of drug-likeness (QED) is 0.243. The van der Waals surface area contributed by atoms with Gasteiger partial charge in [-0.2, -0.15) is 5.26 Å². The SMILES string of the molecule is CCCOc1ccccc1/C=C(\C#N)C(=O)Nc1sc(-c2ccccc2)cc1C(=O)OCC. The molecule has 3 aromatic rings. The van der Waals surface area contributed by atoms with E-state index in [4.69, 9.17) is 9.47 Å². The second kappa shape index (κ2) is 11.7. The van der Waals surface area contributed by atoms with Gasteiger partial charge in [0, 0.05) is 10.4 Å². The van der Waals surface area contributed by atoms with Gasteiger partial charge >= 0.3 is 5.97 Å². The van der Waals surface area contributed by atoms with Crippen molar-refractivity contribution in [2.45, 2.75) is 20.3 Å². The first-order chi connectivity index (χ1) is 16.1. The number of para-hydroxylation sites is 1. The topological polar surface area (TPSA) is 88.4 Å². The molecule has 0 unspecified atom stereocenters. The fourth-order valence-corrected chi connectivity index (χ4v) is 4.05. The standard InChI is InChI=1S/C26H24N2O4S/c1-3-14-32-22-13-9-8-12-19(22)15-20(17-27)24(29)28-25-21(26(30)31-4-2)16-23(33-25)18-10-6-5-7-11-18/h5-13,15-16H,3-4,14H2,1-2H3,(H,28,29)/b20-15+. The molecule has 0 fully saturated rings. The minimum Gasteiger partial charge on any atom is -0.493 e. The maximum absolute atomic E-state index is 13.0. The lowest BCUT2D eigenvalue weighted by atomic mass is 10.1. The molecule has 0 radical (unpaired) electrons. The number of esters is 1. The Balaban J connectivity index is 1.92. The molecule has 0 saturated carbocycles. The number of benzene rings is 2. The van der Waals surface area contributed by atoms with Crippen molar-refractivity contribution in [3.05, 3.63) is 77.4 Å². The third-order valence-electron chi connectivity index (χ3n) is 4.56. The molecule has 0 aliphatic carbocycles. The summed E-state index contributed by atoms with van der Waals surface area (Å²) in [5.41, 5.74) is 1.68. The molecule has 33 heavy (non-hydrogen) atoms. The Kier molecular flexibility index (Phi) is 8.39. The van der Waals surface area contributed by atoms with Crippen molar-refractivity contribution in [3.63, 3.8) is 0 Å². The van der Waals surface area contributed by atoms with E-state index in [0.717, 1.165) is 16.9 Å². The highest BCUT2D eigenvalue weighted by Crippen LogP contribution is 2.36. The molecule has 0 atom stereocenters. The van der Waals surface area contributed by atoms with Gasteiger partial charge in [-0.3, -0.25) is 4.79 Å². The van der Waals surface area contributed by atoms with Crippen molar-refractivity contribution >= 4 is 34.3 Å². The largest absolute Gasteiger partial charge is 0.493 e. The van der Waals surface area contributed by atoms with Gasteiger partial charge in [-0.1, -0.05) is 55.5 Å². The lowest BCUT2D eigenvalue weighted by Crippen LogP contribution is -2.15. The predicted molar refractivity (Wildman–Crippen MR) is 130 cm³/mol. The molecule has 3 rings (SSSR count). The number of thiophene rings is 1. The summed E-state index contributed by atoms with van der Waals surface area (Å²) in [6, 6.07) is 20.4. The Hall–Kier alpha value is -3.89. The minimum atomic E-state index is -0.616. The summed E-state index contributed by atoms with van der Waals surface area (Å²) in [7, 11) is 0. The van der Waals surface area contributed by atoms with E-state index < -0.39 is 11.9 Å². The van der Waals surface area contributed by atoms with Crippen molar-refractivity contribution in [3.8, 4) is 22.3 Å². The first-order valence-electron chi connectivity index (χ1n) is 10.6. The van der Waals surface area contributed by atoms with Crippen LogP contribution in [-0.2, 0) is 9.53 Å². The van der Waals surface area contributed by atoms with Gasteiger partial charge in [0.2, 0.25) is 0 Å². The van der Waals surface area contributed by atoms with Gasteiger partial charge in [-0.05, 0) is 37.1 Å². The molecule has 6 nitrogen and oxygen atoms in total. The molecule has 0 aliphatic heterocycles. The number of hydrogen-bond acceptors (Lipinski definition) is 6. The smallest absolute Gasteiger partial charge is 0.341 e. The third-order valence-corrected chi connectivity index (χ3v) is 5.66. The molecule has 168 valence electrons. The van der Waals surface area contributed by atoms with Crippen LogP contribution in [0.1, 0.15) is 36.2 Å². The van der Waals surface area contributed by atoms with Crippen LogP contribution in [0.2, 0.25) is 0 Å².